The number of aromatic nitrogens is 2. The molecule has 0 spiro atoms. The molecule has 0 aliphatic heterocycles. The minimum atomic E-state index is 0.321. The average Bonchev–Trinajstić information content (AvgIpc) is 3.28. The van der Waals surface area contributed by atoms with Crippen molar-refractivity contribution in [3.05, 3.63) is 64.3 Å². The summed E-state index contributed by atoms with van der Waals surface area (Å²) in [5.41, 5.74) is 3.99. The van der Waals surface area contributed by atoms with Crippen molar-refractivity contribution in [3.63, 3.8) is 0 Å². The van der Waals surface area contributed by atoms with E-state index in [2.05, 4.69) is 40.3 Å². The predicted molar refractivity (Wildman–Crippen MR) is 104 cm³/mol. The maximum absolute atomic E-state index is 11.2. The predicted octanol–water partition coefficient (Wildman–Crippen LogP) is 3.22. The lowest BCUT2D eigenvalue weighted by molar-refractivity contribution is 0.112. The van der Waals surface area contributed by atoms with E-state index in [4.69, 9.17) is 4.74 Å². The van der Waals surface area contributed by atoms with Gasteiger partial charge in [0.05, 0.1) is 18.1 Å². The van der Waals surface area contributed by atoms with E-state index in [1.165, 1.54) is 16.2 Å². The number of aromatic amines is 2. The van der Waals surface area contributed by atoms with Crippen LogP contribution >= 0.6 is 0 Å². The second kappa shape index (κ2) is 5.63. The Balaban J connectivity index is 1.72. The summed E-state index contributed by atoms with van der Waals surface area (Å²) in [6.07, 6.45) is 8.20. The monoisotopic (exact) mass is 342 g/mol. The molecule has 0 amide bonds. The molecule has 0 radical (unpaired) electrons. The van der Waals surface area contributed by atoms with Crippen molar-refractivity contribution < 1.29 is 9.53 Å². The summed E-state index contributed by atoms with van der Waals surface area (Å²) in [5, 5.41) is 4.50. The van der Waals surface area contributed by atoms with E-state index in [1.54, 1.807) is 13.3 Å². The Morgan fingerprint density at radius 2 is 2.04 bits per heavy atom. The molecular weight excluding hydrogens is 324 g/mol. The maximum atomic E-state index is 11.2. The summed E-state index contributed by atoms with van der Waals surface area (Å²) in [7, 11) is 1.70. The summed E-state index contributed by atoms with van der Waals surface area (Å²) >= 11 is 0. The molecule has 1 aliphatic carbocycles. The van der Waals surface area contributed by atoms with Crippen LogP contribution in [0, 0.1) is 0 Å². The summed E-state index contributed by atoms with van der Waals surface area (Å²) in [4.78, 5) is 18.0. The van der Waals surface area contributed by atoms with Gasteiger partial charge < -0.3 is 14.7 Å². The molecule has 0 bridgehead atoms. The van der Waals surface area contributed by atoms with Gasteiger partial charge in [0.2, 0.25) is 0 Å². The fourth-order valence-corrected chi connectivity index (χ4v) is 3.98. The van der Waals surface area contributed by atoms with Gasteiger partial charge in [-0.2, -0.15) is 0 Å². The zero-order chi connectivity index (χ0) is 17.7. The highest BCUT2D eigenvalue weighted by molar-refractivity contribution is 6.09. The van der Waals surface area contributed by atoms with Crippen LogP contribution in [0.5, 0.6) is 5.75 Å². The van der Waals surface area contributed by atoms with Gasteiger partial charge in [-0.3, -0.25) is 4.79 Å². The summed E-state index contributed by atoms with van der Waals surface area (Å²) < 4.78 is 5.37. The van der Waals surface area contributed by atoms with E-state index in [0.717, 1.165) is 40.2 Å². The van der Waals surface area contributed by atoms with Crippen molar-refractivity contribution >= 4 is 40.2 Å². The molecule has 5 rings (SSSR count). The molecule has 0 fully saturated rings. The van der Waals surface area contributed by atoms with Gasteiger partial charge in [-0.1, -0.05) is 36.4 Å². The number of carbonyl (C=O) groups is 1. The number of benzene rings is 2. The average molecular weight is 342 g/mol. The number of nitrogens with one attached hydrogen (secondary N) is 2. The van der Waals surface area contributed by atoms with Crippen LogP contribution in [0.1, 0.15) is 28.3 Å². The maximum Gasteiger partial charge on any atom is 0.152 e. The van der Waals surface area contributed by atoms with Crippen molar-refractivity contribution in [3.8, 4) is 5.75 Å². The molecule has 2 N–H and O–H groups in total. The number of aldehydes is 1. The van der Waals surface area contributed by atoms with Crippen molar-refractivity contribution in [2.45, 2.75) is 12.3 Å². The van der Waals surface area contributed by atoms with Gasteiger partial charge in [-0.15, -0.1) is 0 Å². The molecule has 4 heteroatoms. The van der Waals surface area contributed by atoms with Crippen molar-refractivity contribution in [1.29, 1.82) is 0 Å². The molecule has 2 heterocycles. The quantitative estimate of drug-likeness (QED) is 0.562. The molecule has 0 saturated heterocycles. The van der Waals surface area contributed by atoms with E-state index < -0.39 is 0 Å². The smallest absolute Gasteiger partial charge is 0.152 e. The first-order chi connectivity index (χ1) is 12.8. The molecule has 2 aromatic carbocycles. The molecule has 4 nitrogen and oxygen atoms in total. The van der Waals surface area contributed by atoms with Crippen LogP contribution in [-0.2, 0) is 0 Å². The number of H-pyrrole nitrogens is 2. The van der Waals surface area contributed by atoms with Crippen LogP contribution in [0.25, 0.3) is 34.0 Å². The minimum absolute atomic E-state index is 0.321. The van der Waals surface area contributed by atoms with Crippen molar-refractivity contribution in [2.24, 2.45) is 0 Å². The fourth-order valence-electron chi connectivity index (χ4n) is 3.98. The third-order valence-corrected chi connectivity index (χ3v) is 5.32. The molecule has 1 unspecified atom stereocenters. The number of fused-ring (bicyclic) bond motifs is 5. The molecule has 0 saturated carbocycles. The second-order valence-electron chi connectivity index (χ2n) is 6.71. The normalized spacial score (nSPS) is 16.1. The molecule has 2 aromatic heterocycles. The van der Waals surface area contributed by atoms with Gasteiger partial charge in [0, 0.05) is 39.0 Å². The first-order valence-corrected chi connectivity index (χ1v) is 8.71. The van der Waals surface area contributed by atoms with Crippen molar-refractivity contribution in [1.82, 2.24) is 9.97 Å². The Hall–Kier alpha value is -3.27. The van der Waals surface area contributed by atoms with Gasteiger partial charge >= 0.3 is 0 Å². The fraction of sp³-hybridized carbons (Fsp3) is 0.136. The van der Waals surface area contributed by atoms with E-state index >= 15 is 0 Å². The highest BCUT2D eigenvalue weighted by atomic mass is 16.5. The number of ether oxygens (including phenoxy) is 1. The lowest BCUT2D eigenvalue weighted by atomic mass is 9.91. The second-order valence-corrected chi connectivity index (χ2v) is 6.71. The highest BCUT2D eigenvalue weighted by Crippen LogP contribution is 2.28. The van der Waals surface area contributed by atoms with Crippen LogP contribution in [0.15, 0.2) is 42.6 Å². The molecule has 1 aliphatic rings. The van der Waals surface area contributed by atoms with E-state index in [0.29, 0.717) is 11.5 Å². The van der Waals surface area contributed by atoms with Gasteiger partial charge in [-0.25, -0.2) is 0 Å². The molecular formula is C22H18N2O2. The van der Waals surface area contributed by atoms with Crippen LogP contribution in [0.2, 0.25) is 0 Å². The van der Waals surface area contributed by atoms with Crippen LogP contribution in [-0.4, -0.2) is 23.4 Å². The standard InChI is InChI=1S/C22H18N2O2/c1-26-16-4-2-3-13(9-16)14-5-8-20-19(10-14)18-7-6-17-15(12-25)11-23-21(17)22(18)24-20/h2-4,6-12,14,23-24H,5H2,1H3. The third-order valence-electron chi connectivity index (χ3n) is 5.32. The lowest BCUT2D eigenvalue weighted by Gasteiger charge is -2.14. The van der Waals surface area contributed by atoms with E-state index in [-0.39, 0.29) is 0 Å². The number of methoxy groups -OCH3 is 1. The zero-order valence-electron chi connectivity index (χ0n) is 14.4. The summed E-state index contributed by atoms with van der Waals surface area (Å²) in [5.74, 6) is 1.21. The Kier molecular flexibility index (Phi) is 3.25. The van der Waals surface area contributed by atoms with Gasteiger partial charge in [0.15, 0.2) is 6.29 Å². The zero-order valence-corrected chi connectivity index (χ0v) is 14.4. The number of hydrogen-bond acceptors (Lipinski definition) is 2. The number of carbonyl (C=O) groups excluding carboxylic acids is 1. The first-order valence-electron chi connectivity index (χ1n) is 8.71. The minimum Gasteiger partial charge on any atom is -0.497 e. The molecule has 1 atom stereocenters. The highest BCUT2D eigenvalue weighted by Gasteiger charge is 2.15. The van der Waals surface area contributed by atoms with E-state index in [9.17, 15) is 4.79 Å². The van der Waals surface area contributed by atoms with E-state index in [1.807, 2.05) is 18.2 Å². The number of hydrogen-bond donors (Lipinski definition) is 2. The largest absolute Gasteiger partial charge is 0.497 e. The topological polar surface area (TPSA) is 57.9 Å². The third kappa shape index (κ3) is 2.12. The van der Waals surface area contributed by atoms with Gasteiger partial charge in [0.25, 0.3) is 0 Å². The van der Waals surface area contributed by atoms with Gasteiger partial charge in [-0.05, 0) is 24.1 Å². The van der Waals surface area contributed by atoms with Crippen LogP contribution in [0.4, 0.5) is 0 Å². The lowest BCUT2D eigenvalue weighted by Crippen LogP contribution is -2.27. The van der Waals surface area contributed by atoms with Crippen LogP contribution in [0.3, 0.4) is 0 Å². The van der Waals surface area contributed by atoms with Gasteiger partial charge in [0.1, 0.15) is 5.75 Å². The summed E-state index contributed by atoms with van der Waals surface area (Å²) in [6.45, 7) is 0. The van der Waals surface area contributed by atoms with Crippen LogP contribution < -0.4 is 15.3 Å². The Morgan fingerprint density at radius 3 is 2.88 bits per heavy atom. The molecule has 128 valence electrons. The molecule has 4 aromatic rings. The Labute approximate surface area is 149 Å². The molecule has 26 heavy (non-hydrogen) atoms. The Bertz CT molecular complexity index is 1280. The first kappa shape index (κ1) is 15.0. The number of rotatable bonds is 3. The summed E-state index contributed by atoms with van der Waals surface area (Å²) in [6, 6.07) is 12.4. The Morgan fingerprint density at radius 1 is 1.15 bits per heavy atom. The SMILES string of the molecule is COc1cccc(C2C=c3c([nH]c4c3ccc3c(C=O)c[nH]c34)=CC2)c1. The van der Waals surface area contributed by atoms with Crippen molar-refractivity contribution in [2.75, 3.05) is 7.11 Å².